The number of carbonyl (C=O) groups is 1. The van der Waals surface area contributed by atoms with Crippen molar-refractivity contribution in [2.45, 2.75) is 39.5 Å². The minimum atomic E-state index is -0.0396. The summed E-state index contributed by atoms with van der Waals surface area (Å²) in [7, 11) is 4.04. The highest BCUT2D eigenvalue weighted by Gasteiger charge is 2.12. The molecule has 0 aromatic heterocycles. The Morgan fingerprint density at radius 3 is 2.53 bits per heavy atom. The summed E-state index contributed by atoms with van der Waals surface area (Å²) in [5, 5.41) is 0. The number of ether oxygens (including phenoxy) is 1. The molecule has 0 bridgehead atoms. The Hall–Kier alpha value is -0.570. The van der Waals surface area contributed by atoms with Gasteiger partial charge in [-0.05, 0) is 26.9 Å². The summed E-state index contributed by atoms with van der Waals surface area (Å²) in [5.74, 6) is 0.0199. The van der Waals surface area contributed by atoms with Gasteiger partial charge in [0.25, 0.3) is 0 Å². The van der Waals surface area contributed by atoms with Gasteiger partial charge in [-0.1, -0.05) is 26.7 Å². The van der Waals surface area contributed by atoms with E-state index in [1.54, 1.807) is 0 Å². The van der Waals surface area contributed by atoms with Gasteiger partial charge in [-0.2, -0.15) is 0 Å². The smallest absolute Gasteiger partial charge is 0.308 e. The van der Waals surface area contributed by atoms with Crippen molar-refractivity contribution in [1.82, 2.24) is 4.90 Å². The second kappa shape index (κ2) is 8.72. The molecule has 90 valence electrons. The van der Waals surface area contributed by atoms with Crippen LogP contribution in [0.1, 0.15) is 39.5 Å². The van der Waals surface area contributed by atoms with Crippen LogP contribution < -0.4 is 0 Å². The lowest BCUT2D eigenvalue weighted by Gasteiger charge is -2.12. The molecule has 0 N–H and O–H groups in total. The molecule has 0 amide bonds. The second-order valence-electron chi connectivity index (χ2n) is 4.37. The molecular weight excluding hydrogens is 190 g/mol. The second-order valence-corrected chi connectivity index (χ2v) is 4.37. The molecule has 0 spiro atoms. The summed E-state index contributed by atoms with van der Waals surface area (Å²) < 4.78 is 5.19. The summed E-state index contributed by atoms with van der Waals surface area (Å²) in [6.07, 6.45) is 4.11. The highest BCUT2D eigenvalue weighted by atomic mass is 16.5. The van der Waals surface area contributed by atoms with Gasteiger partial charge < -0.3 is 9.64 Å². The first-order valence-corrected chi connectivity index (χ1v) is 5.89. The lowest BCUT2D eigenvalue weighted by atomic mass is 10.1. The van der Waals surface area contributed by atoms with Crippen LogP contribution in [0.5, 0.6) is 0 Å². The van der Waals surface area contributed by atoms with Crippen molar-refractivity contribution in [2.75, 3.05) is 27.2 Å². The molecule has 0 rings (SSSR count). The Balaban J connectivity index is 3.47. The van der Waals surface area contributed by atoms with E-state index in [2.05, 4.69) is 11.8 Å². The van der Waals surface area contributed by atoms with Gasteiger partial charge in [0.05, 0.1) is 12.5 Å². The zero-order valence-corrected chi connectivity index (χ0v) is 10.6. The Labute approximate surface area is 93.8 Å². The van der Waals surface area contributed by atoms with E-state index in [9.17, 15) is 4.79 Å². The van der Waals surface area contributed by atoms with E-state index in [-0.39, 0.29) is 11.9 Å². The minimum absolute atomic E-state index is 0.0396. The summed E-state index contributed by atoms with van der Waals surface area (Å²) in [6.45, 7) is 5.60. The number of rotatable bonds is 8. The summed E-state index contributed by atoms with van der Waals surface area (Å²) in [4.78, 5) is 13.5. The van der Waals surface area contributed by atoms with E-state index in [4.69, 9.17) is 4.74 Å². The Morgan fingerprint density at radius 1 is 1.33 bits per heavy atom. The molecule has 3 heteroatoms. The van der Waals surface area contributed by atoms with Crippen LogP contribution in [0.15, 0.2) is 0 Å². The Morgan fingerprint density at radius 2 is 2.00 bits per heavy atom. The first-order valence-electron chi connectivity index (χ1n) is 5.89. The highest BCUT2D eigenvalue weighted by Crippen LogP contribution is 2.09. The molecule has 0 saturated carbocycles. The maximum absolute atomic E-state index is 11.5. The third kappa shape index (κ3) is 8.43. The van der Waals surface area contributed by atoms with Crippen molar-refractivity contribution in [3.05, 3.63) is 0 Å². The highest BCUT2D eigenvalue weighted by molar-refractivity contribution is 5.71. The van der Waals surface area contributed by atoms with Gasteiger partial charge in [-0.15, -0.1) is 0 Å². The van der Waals surface area contributed by atoms with Gasteiger partial charge in [-0.25, -0.2) is 0 Å². The largest absolute Gasteiger partial charge is 0.465 e. The molecule has 0 aliphatic carbocycles. The van der Waals surface area contributed by atoms with Crippen LogP contribution >= 0.6 is 0 Å². The number of nitrogens with zero attached hydrogens (tertiary/aromatic N) is 1. The van der Waals surface area contributed by atoms with E-state index in [1.165, 1.54) is 0 Å². The van der Waals surface area contributed by atoms with Crippen molar-refractivity contribution in [1.29, 1.82) is 0 Å². The molecule has 0 heterocycles. The monoisotopic (exact) mass is 215 g/mol. The van der Waals surface area contributed by atoms with E-state index < -0.39 is 0 Å². The lowest BCUT2D eigenvalue weighted by Crippen LogP contribution is -2.19. The van der Waals surface area contributed by atoms with Crippen LogP contribution in [0.4, 0.5) is 0 Å². The molecule has 0 aromatic carbocycles. The van der Waals surface area contributed by atoms with Crippen molar-refractivity contribution < 1.29 is 9.53 Å². The van der Waals surface area contributed by atoms with Crippen molar-refractivity contribution >= 4 is 5.97 Å². The normalized spacial score (nSPS) is 12.9. The number of unbranched alkanes of at least 4 members (excludes halogenated alkanes) is 1. The van der Waals surface area contributed by atoms with Crippen LogP contribution in [0.3, 0.4) is 0 Å². The molecule has 0 saturated heterocycles. The topological polar surface area (TPSA) is 29.5 Å². The molecule has 0 fully saturated rings. The van der Waals surface area contributed by atoms with Crippen LogP contribution in [0.2, 0.25) is 0 Å². The fourth-order valence-electron chi connectivity index (χ4n) is 1.32. The van der Waals surface area contributed by atoms with E-state index in [0.29, 0.717) is 6.61 Å². The van der Waals surface area contributed by atoms with Crippen LogP contribution in [0, 0.1) is 5.92 Å². The Bertz CT molecular complexity index is 169. The zero-order chi connectivity index (χ0) is 11.7. The Kier molecular flexibility index (Phi) is 8.38. The van der Waals surface area contributed by atoms with Gasteiger partial charge in [0, 0.05) is 6.54 Å². The van der Waals surface area contributed by atoms with Gasteiger partial charge in [-0.3, -0.25) is 4.79 Å². The number of carbonyl (C=O) groups excluding carboxylic acids is 1. The van der Waals surface area contributed by atoms with Crippen molar-refractivity contribution in [3.8, 4) is 0 Å². The quantitative estimate of drug-likeness (QED) is 0.459. The molecule has 1 unspecified atom stereocenters. The predicted molar refractivity (Wildman–Crippen MR) is 62.8 cm³/mol. The summed E-state index contributed by atoms with van der Waals surface area (Å²) in [5.41, 5.74) is 0. The maximum atomic E-state index is 11.5. The first-order chi connectivity index (χ1) is 7.07. The molecule has 15 heavy (non-hydrogen) atoms. The van der Waals surface area contributed by atoms with E-state index >= 15 is 0 Å². The lowest BCUT2D eigenvalue weighted by molar-refractivity contribution is -0.148. The third-order valence-corrected chi connectivity index (χ3v) is 2.39. The molecule has 0 aliphatic rings. The number of esters is 1. The third-order valence-electron chi connectivity index (χ3n) is 2.39. The van der Waals surface area contributed by atoms with Crippen molar-refractivity contribution in [2.24, 2.45) is 5.92 Å². The predicted octanol–water partition coefficient (Wildman–Crippen LogP) is 2.31. The van der Waals surface area contributed by atoms with Gasteiger partial charge >= 0.3 is 5.97 Å². The fraction of sp³-hybridized carbons (Fsp3) is 0.917. The average Bonchev–Trinajstić information content (AvgIpc) is 2.20. The van der Waals surface area contributed by atoms with E-state index in [0.717, 1.165) is 32.2 Å². The standard InChI is InChI=1S/C12H25NO2/c1-5-6-8-11(2)12(14)15-10-7-9-13(3)4/h11H,5-10H2,1-4H3. The first kappa shape index (κ1) is 14.4. The molecule has 1 atom stereocenters. The van der Waals surface area contributed by atoms with Crippen molar-refractivity contribution in [3.63, 3.8) is 0 Å². The summed E-state index contributed by atoms with van der Waals surface area (Å²) in [6, 6.07) is 0. The number of hydrogen-bond donors (Lipinski definition) is 0. The van der Waals surface area contributed by atoms with Crippen LogP contribution in [0.25, 0.3) is 0 Å². The molecule has 0 aliphatic heterocycles. The molecule has 3 nitrogen and oxygen atoms in total. The van der Waals surface area contributed by atoms with Crippen LogP contribution in [-0.2, 0) is 9.53 Å². The minimum Gasteiger partial charge on any atom is -0.465 e. The van der Waals surface area contributed by atoms with Gasteiger partial charge in [0.1, 0.15) is 0 Å². The van der Waals surface area contributed by atoms with Gasteiger partial charge in [0.2, 0.25) is 0 Å². The SMILES string of the molecule is CCCCC(C)C(=O)OCCCN(C)C. The number of hydrogen-bond acceptors (Lipinski definition) is 3. The zero-order valence-electron chi connectivity index (χ0n) is 10.6. The van der Waals surface area contributed by atoms with Crippen LogP contribution in [-0.4, -0.2) is 38.1 Å². The molecular formula is C12H25NO2. The molecule has 0 radical (unpaired) electrons. The summed E-state index contributed by atoms with van der Waals surface area (Å²) >= 11 is 0. The average molecular weight is 215 g/mol. The fourth-order valence-corrected chi connectivity index (χ4v) is 1.32. The van der Waals surface area contributed by atoms with Gasteiger partial charge in [0.15, 0.2) is 0 Å². The van der Waals surface area contributed by atoms with E-state index in [1.807, 2.05) is 21.0 Å². The molecule has 0 aromatic rings. The maximum Gasteiger partial charge on any atom is 0.308 e.